The maximum atomic E-state index is 14.1. The monoisotopic (exact) mass is 658 g/mol. The van der Waals surface area contributed by atoms with E-state index < -0.39 is 133 Å². The van der Waals surface area contributed by atoms with Crippen LogP contribution in [0.1, 0.15) is 32.3 Å². The van der Waals surface area contributed by atoms with Crippen molar-refractivity contribution in [3.8, 4) is 0 Å². The molecular weight excluding hydrogens is 627 g/mol. The molecule has 1 heterocycles. The van der Waals surface area contributed by atoms with E-state index in [2.05, 4.69) is 10.6 Å². The number of primary amides is 1. The first kappa shape index (κ1) is 37.2. The number of carbonyl (C=O) groups is 5. The van der Waals surface area contributed by atoms with Crippen LogP contribution >= 0.6 is 0 Å². The van der Waals surface area contributed by atoms with Crippen LogP contribution in [0.15, 0.2) is 0 Å². The molecule has 0 saturated carbocycles. The van der Waals surface area contributed by atoms with E-state index in [4.69, 9.17) is 20.3 Å². The van der Waals surface area contributed by atoms with Gasteiger partial charge in [0, 0.05) is 12.0 Å². The number of halogens is 5. The number of carboxylic acids is 1. The van der Waals surface area contributed by atoms with Gasteiger partial charge in [-0.15, -0.1) is 0 Å². The van der Waals surface area contributed by atoms with Gasteiger partial charge in [0.2, 0.25) is 29.4 Å². The van der Waals surface area contributed by atoms with Gasteiger partial charge in [-0.25, -0.2) is 22.0 Å². The van der Waals surface area contributed by atoms with Gasteiger partial charge in [-0.3, -0.25) is 24.0 Å². The first-order valence-corrected chi connectivity index (χ1v) is 13.1. The fourth-order valence-corrected chi connectivity index (χ4v) is 4.15. The molecule has 1 fully saturated rings. The number of aliphatic hydroxyl groups is 3. The predicted octanol–water partition coefficient (Wildman–Crippen LogP) is -2.41. The van der Waals surface area contributed by atoms with E-state index in [1.165, 1.54) is 6.92 Å². The van der Waals surface area contributed by atoms with Crippen molar-refractivity contribution >= 4 is 29.6 Å². The van der Waals surface area contributed by atoms with Gasteiger partial charge in [-0.2, -0.15) is 0 Å². The van der Waals surface area contributed by atoms with Crippen LogP contribution in [0.2, 0.25) is 0 Å². The minimum atomic E-state index is -2.46. The third-order valence-electron chi connectivity index (χ3n) is 6.63. The summed E-state index contributed by atoms with van der Waals surface area (Å²) in [5.41, 5.74) is 3.64. The summed E-state index contributed by atoms with van der Waals surface area (Å²) in [5.74, 6) is -17.4. The molecule has 0 aliphatic carbocycles. The summed E-state index contributed by atoms with van der Waals surface area (Å²) in [6.45, 7) is 1.35. The molecular formula is C25H31F5N4O11. The quantitative estimate of drug-likeness (QED) is 0.0594. The standard InChI is InChI=1S/C25H31F5N4O11/c1-7(23(41)33-10(22(31)40)3-4-13(37)38)32-24(42)8(2)44-21-19(25(43)45-11(6-35)20(21)39)34-12(36)5-9-14(26)16(28)18(30)17(29)15(9)27/h7-8,10-11,19-21,25,35,39,43H,3-6H2,1-2H3,(H2,31,40)(H,32,42)(H,33,41)(H,34,36)(H,37,38)/t7-,8+,10+,11+,19+,20+,21+,25+/m0/s1. The van der Waals surface area contributed by atoms with Crippen molar-refractivity contribution in [2.24, 2.45) is 5.73 Å². The molecule has 0 radical (unpaired) electrons. The van der Waals surface area contributed by atoms with E-state index in [-0.39, 0.29) is 6.42 Å². The van der Waals surface area contributed by atoms with Gasteiger partial charge in [-0.1, -0.05) is 0 Å². The molecule has 8 atom stereocenters. The predicted molar refractivity (Wildman–Crippen MR) is 136 cm³/mol. The number of hydrogen-bond donors (Lipinski definition) is 8. The molecule has 4 amide bonds. The molecule has 1 aromatic carbocycles. The van der Waals surface area contributed by atoms with Crippen molar-refractivity contribution in [1.29, 1.82) is 0 Å². The van der Waals surface area contributed by atoms with E-state index >= 15 is 0 Å². The lowest BCUT2D eigenvalue weighted by Crippen LogP contribution is -2.66. The molecule has 1 aromatic rings. The van der Waals surface area contributed by atoms with Crippen molar-refractivity contribution in [2.45, 2.75) is 81.9 Å². The molecule has 9 N–H and O–H groups in total. The van der Waals surface area contributed by atoms with Crippen LogP contribution < -0.4 is 21.7 Å². The average molecular weight is 659 g/mol. The lowest BCUT2D eigenvalue weighted by Gasteiger charge is -2.43. The zero-order valence-electron chi connectivity index (χ0n) is 23.6. The number of hydrogen-bond acceptors (Lipinski definition) is 10. The van der Waals surface area contributed by atoms with Crippen LogP contribution in [-0.2, 0) is 39.9 Å². The van der Waals surface area contributed by atoms with Gasteiger partial charge in [0.25, 0.3) is 0 Å². The number of rotatable bonds is 14. The maximum absolute atomic E-state index is 14.1. The van der Waals surface area contributed by atoms with Crippen LogP contribution in [0, 0.1) is 29.1 Å². The molecule has 1 saturated heterocycles. The Bertz CT molecular complexity index is 1280. The third-order valence-corrected chi connectivity index (χ3v) is 6.63. The van der Waals surface area contributed by atoms with Gasteiger partial charge >= 0.3 is 5.97 Å². The number of carboxylic acid groups (broad SMARTS) is 1. The number of aliphatic carboxylic acids is 1. The number of ether oxygens (including phenoxy) is 2. The Labute approximate surface area is 250 Å². The first-order chi connectivity index (χ1) is 20.9. The third kappa shape index (κ3) is 9.26. The summed E-state index contributed by atoms with van der Waals surface area (Å²) in [7, 11) is 0. The Morgan fingerprint density at radius 1 is 0.933 bits per heavy atom. The molecule has 252 valence electrons. The van der Waals surface area contributed by atoms with Gasteiger partial charge in [0.05, 0.1) is 13.0 Å². The Morgan fingerprint density at radius 2 is 1.49 bits per heavy atom. The number of amides is 4. The van der Waals surface area contributed by atoms with Gasteiger partial charge in [0.15, 0.2) is 29.6 Å². The number of benzene rings is 1. The van der Waals surface area contributed by atoms with E-state index in [1.807, 2.05) is 5.32 Å². The van der Waals surface area contributed by atoms with E-state index in [0.717, 1.165) is 6.92 Å². The summed E-state index contributed by atoms with van der Waals surface area (Å²) < 4.78 is 79.1. The van der Waals surface area contributed by atoms with E-state index in [1.54, 1.807) is 0 Å². The van der Waals surface area contributed by atoms with Crippen LogP contribution in [0.3, 0.4) is 0 Å². The molecule has 0 unspecified atom stereocenters. The summed E-state index contributed by atoms with van der Waals surface area (Å²) >= 11 is 0. The summed E-state index contributed by atoms with van der Waals surface area (Å²) in [6.07, 6.45) is -11.3. The summed E-state index contributed by atoms with van der Waals surface area (Å²) in [4.78, 5) is 60.1. The fraction of sp³-hybridized carbons (Fsp3) is 0.560. The van der Waals surface area contributed by atoms with Crippen molar-refractivity contribution in [3.63, 3.8) is 0 Å². The molecule has 15 nitrogen and oxygen atoms in total. The Morgan fingerprint density at radius 3 is 2.00 bits per heavy atom. The van der Waals surface area contributed by atoms with Crippen LogP contribution in [0.4, 0.5) is 22.0 Å². The van der Waals surface area contributed by atoms with Crippen LogP contribution in [-0.4, -0.2) is 105 Å². The molecule has 0 aromatic heterocycles. The van der Waals surface area contributed by atoms with Gasteiger partial charge < -0.3 is 51.6 Å². The molecule has 1 aliphatic heterocycles. The molecule has 1 aliphatic rings. The minimum absolute atomic E-state index is 0.343. The average Bonchev–Trinajstić information content (AvgIpc) is 2.98. The van der Waals surface area contributed by atoms with E-state index in [9.17, 15) is 61.2 Å². The molecule has 0 spiro atoms. The minimum Gasteiger partial charge on any atom is -0.481 e. The highest BCUT2D eigenvalue weighted by atomic mass is 19.2. The fourth-order valence-electron chi connectivity index (χ4n) is 4.15. The number of carbonyl (C=O) groups excluding carboxylic acids is 4. The zero-order valence-corrected chi connectivity index (χ0v) is 23.6. The second-order valence-corrected chi connectivity index (χ2v) is 9.93. The normalized spacial score (nSPS) is 23.4. The molecule has 0 bridgehead atoms. The second-order valence-electron chi connectivity index (χ2n) is 9.93. The van der Waals surface area contributed by atoms with Gasteiger partial charge in [0.1, 0.15) is 42.5 Å². The highest BCUT2D eigenvalue weighted by Gasteiger charge is 2.47. The van der Waals surface area contributed by atoms with Crippen molar-refractivity contribution < 1.29 is 75.8 Å². The number of nitrogens with one attached hydrogen (secondary N) is 3. The molecule has 2 rings (SSSR count). The summed E-state index contributed by atoms with van der Waals surface area (Å²) in [6, 6.07) is -4.61. The number of nitrogens with two attached hydrogens (primary N) is 1. The van der Waals surface area contributed by atoms with Crippen LogP contribution in [0.25, 0.3) is 0 Å². The van der Waals surface area contributed by atoms with Crippen LogP contribution in [0.5, 0.6) is 0 Å². The topological polar surface area (TPSA) is 247 Å². The zero-order chi connectivity index (χ0) is 34.3. The highest BCUT2D eigenvalue weighted by Crippen LogP contribution is 2.26. The molecule has 45 heavy (non-hydrogen) atoms. The van der Waals surface area contributed by atoms with Crippen molar-refractivity contribution in [3.05, 3.63) is 34.6 Å². The second kappa shape index (κ2) is 15.8. The highest BCUT2D eigenvalue weighted by molar-refractivity contribution is 5.92. The Kier molecular flexibility index (Phi) is 13.1. The number of aliphatic hydroxyl groups excluding tert-OH is 3. The first-order valence-electron chi connectivity index (χ1n) is 13.1. The Balaban J connectivity index is 2.17. The SMILES string of the molecule is C[C@H](NC(=O)[C@@H](C)O[C@H]1[C@H](O)[C@@H](CO)O[C@@H](O)[C@@H]1NC(=O)Cc1c(F)c(F)c(F)c(F)c1F)C(=O)N[C@H](CCC(=O)O)C(N)=O. The van der Waals surface area contributed by atoms with Crippen molar-refractivity contribution in [2.75, 3.05) is 6.61 Å². The van der Waals surface area contributed by atoms with Gasteiger partial charge in [-0.05, 0) is 20.3 Å². The lowest BCUT2D eigenvalue weighted by atomic mass is 9.96. The molecule has 20 heteroatoms. The smallest absolute Gasteiger partial charge is 0.303 e. The lowest BCUT2D eigenvalue weighted by molar-refractivity contribution is -0.266. The Hall–Kier alpha value is -3.98. The largest absolute Gasteiger partial charge is 0.481 e. The van der Waals surface area contributed by atoms with Crippen molar-refractivity contribution in [1.82, 2.24) is 16.0 Å². The van der Waals surface area contributed by atoms with E-state index in [0.29, 0.717) is 0 Å². The summed E-state index contributed by atoms with van der Waals surface area (Å²) in [5, 5.41) is 45.6. The maximum Gasteiger partial charge on any atom is 0.303 e.